The molecule has 6 aromatic rings. The van der Waals surface area contributed by atoms with Gasteiger partial charge in [-0.2, -0.15) is 5.10 Å². The van der Waals surface area contributed by atoms with Crippen LogP contribution in [-0.4, -0.2) is 50.6 Å². The highest BCUT2D eigenvalue weighted by molar-refractivity contribution is 7.90. The fraction of sp³-hybridized carbons (Fsp3) is 0.143. The van der Waals surface area contributed by atoms with Gasteiger partial charge in [0.25, 0.3) is 0 Å². The lowest BCUT2D eigenvalue weighted by atomic mass is 10.00. The van der Waals surface area contributed by atoms with Crippen LogP contribution >= 0.6 is 0 Å². The molecular formula is C28H22F2N6O2S. The number of aryl methyl sites for hydroxylation is 2. The van der Waals surface area contributed by atoms with Gasteiger partial charge in [-0.15, -0.1) is 0 Å². The average Bonchev–Trinajstić information content (AvgIpc) is 3.50. The molecular weight excluding hydrogens is 522 g/mol. The molecule has 11 heteroatoms. The van der Waals surface area contributed by atoms with E-state index in [9.17, 15) is 12.8 Å². The lowest BCUT2D eigenvalue weighted by molar-refractivity contribution is 0.600. The van der Waals surface area contributed by atoms with Gasteiger partial charge in [-0.1, -0.05) is 6.07 Å². The monoisotopic (exact) mass is 544 g/mol. The van der Waals surface area contributed by atoms with E-state index in [1.54, 1.807) is 36.8 Å². The summed E-state index contributed by atoms with van der Waals surface area (Å²) in [5, 5.41) is 7.92. The van der Waals surface area contributed by atoms with Gasteiger partial charge < -0.3 is 4.98 Å². The van der Waals surface area contributed by atoms with Crippen molar-refractivity contribution in [3.05, 3.63) is 83.8 Å². The number of hydrogen-bond acceptors (Lipinski definition) is 6. The van der Waals surface area contributed by atoms with Crippen LogP contribution in [0.3, 0.4) is 0 Å². The molecule has 0 unspecified atom stereocenters. The standard InChI is InChI=1S/C28H22F2N6O2S/c1-15-3-6-31-14-22(15)20-12-21-24(13-23(20)30)35-36-26(21)28-33-25-19(4-7-32-27(25)34-28)17-9-16(10-18(29)11-17)5-8-39(2,37)38/h3-4,6-7,9-14H,5,8H2,1-2H3,(H,35,36)(H,32,33,34). The van der Waals surface area contributed by atoms with Crippen LogP contribution < -0.4 is 0 Å². The fourth-order valence-electron chi connectivity index (χ4n) is 4.69. The van der Waals surface area contributed by atoms with Gasteiger partial charge in [0.05, 0.1) is 16.8 Å². The van der Waals surface area contributed by atoms with Crippen molar-refractivity contribution in [3.63, 3.8) is 0 Å². The molecule has 4 aromatic heterocycles. The number of imidazole rings is 1. The molecule has 0 spiro atoms. The lowest BCUT2D eigenvalue weighted by Crippen LogP contribution is -2.06. The minimum absolute atomic E-state index is 0.0801. The van der Waals surface area contributed by atoms with Gasteiger partial charge in [0.15, 0.2) is 11.5 Å². The van der Waals surface area contributed by atoms with Crippen molar-refractivity contribution in [3.8, 4) is 33.8 Å². The van der Waals surface area contributed by atoms with E-state index in [0.29, 0.717) is 61.4 Å². The predicted octanol–water partition coefficient (Wildman–Crippen LogP) is 5.40. The first-order chi connectivity index (χ1) is 18.7. The molecule has 2 aromatic carbocycles. The van der Waals surface area contributed by atoms with Crippen LogP contribution in [0, 0.1) is 18.6 Å². The van der Waals surface area contributed by atoms with E-state index in [2.05, 4.69) is 30.1 Å². The van der Waals surface area contributed by atoms with Crippen LogP contribution in [-0.2, 0) is 16.3 Å². The normalized spacial score (nSPS) is 12.0. The number of sulfone groups is 1. The third-order valence-corrected chi connectivity index (χ3v) is 7.57. The largest absolute Gasteiger partial charge is 0.335 e. The molecule has 39 heavy (non-hydrogen) atoms. The van der Waals surface area contributed by atoms with Crippen LogP contribution in [0.2, 0.25) is 0 Å². The zero-order chi connectivity index (χ0) is 27.3. The zero-order valence-corrected chi connectivity index (χ0v) is 21.8. The number of nitrogens with zero attached hydrogens (tertiary/aromatic N) is 4. The Morgan fingerprint density at radius 1 is 0.974 bits per heavy atom. The van der Waals surface area contributed by atoms with E-state index < -0.39 is 21.5 Å². The number of H-pyrrole nitrogens is 2. The Labute approximate surface area is 222 Å². The molecule has 2 N–H and O–H groups in total. The highest BCUT2D eigenvalue weighted by Gasteiger charge is 2.19. The van der Waals surface area contributed by atoms with Crippen LogP contribution in [0.15, 0.2) is 61.1 Å². The summed E-state index contributed by atoms with van der Waals surface area (Å²) in [6.07, 6.45) is 6.20. The summed E-state index contributed by atoms with van der Waals surface area (Å²) in [5.74, 6) is -0.548. The molecule has 0 aliphatic rings. The van der Waals surface area contributed by atoms with Crippen LogP contribution in [0.1, 0.15) is 11.1 Å². The molecule has 0 saturated heterocycles. The molecule has 0 aliphatic carbocycles. The second kappa shape index (κ2) is 9.35. The molecule has 0 aliphatic heterocycles. The number of halogens is 2. The van der Waals surface area contributed by atoms with E-state index in [1.807, 2.05) is 13.0 Å². The minimum Gasteiger partial charge on any atom is -0.335 e. The topological polar surface area (TPSA) is 117 Å². The van der Waals surface area contributed by atoms with Gasteiger partial charge in [-0.05, 0) is 60.4 Å². The lowest BCUT2D eigenvalue weighted by Gasteiger charge is -2.07. The number of aromatic nitrogens is 6. The maximum absolute atomic E-state index is 15.0. The van der Waals surface area contributed by atoms with Crippen molar-refractivity contribution in [2.45, 2.75) is 13.3 Å². The summed E-state index contributed by atoms with van der Waals surface area (Å²) in [5.41, 5.74) is 5.67. The Hall–Kier alpha value is -4.51. The van der Waals surface area contributed by atoms with E-state index in [1.165, 1.54) is 18.2 Å². The third-order valence-electron chi connectivity index (χ3n) is 6.63. The van der Waals surface area contributed by atoms with Gasteiger partial charge in [0.1, 0.15) is 27.2 Å². The van der Waals surface area contributed by atoms with E-state index in [4.69, 9.17) is 0 Å². The molecule has 8 nitrogen and oxygen atoms in total. The van der Waals surface area contributed by atoms with Gasteiger partial charge in [-0.25, -0.2) is 27.2 Å². The Kier molecular flexibility index (Phi) is 5.95. The Balaban J connectivity index is 1.46. The Morgan fingerprint density at radius 3 is 2.62 bits per heavy atom. The van der Waals surface area contributed by atoms with Gasteiger partial charge in [0, 0.05) is 53.0 Å². The number of rotatable bonds is 6. The number of fused-ring (bicyclic) bond motifs is 2. The molecule has 0 radical (unpaired) electrons. The first-order valence-corrected chi connectivity index (χ1v) is 14.1. The summed E-state index contributed by atoms with van der Waals surface area (Å²) in [4.78, 5) is 16.4. The molecule has 0 bridgehead atoms. The number of hydrogen-bond donors (Lipinski definition) is 2. The van der Waals surface area contributed by atoms with Gasteiger partial charge >= 0.3 is 0 Å². The zero-order valence-electron chi connectivity index (χ0n) is 21.0. The molecule has 0 atom stereocenters. The van der Waals surface area contributed by atoms with Crippen molar-refractivity contribution in [2.24, 2.45) is 0 Å². The van der Waals surface area contributed by atoms with Crippen LogP contribution in [0.5, 0.6) is 0 Å². The van der Waals surface area contributed by atoms with Crippen LogP contribution in [0.25, 0.3) is 55.8 Å². The van der Waals surface area contributed by atoms with Crippen molar-refractivity contribution < 1.29 is 17.2 Å². The predicted molar refractivity (Wildman–Crippen MR) is 146 cm³/mol. The summed E-state index contributed by atoms with van der Waals surface area (Å²) < 4.78 is 52.8. The summed E-state index contributed by atoms with van der Waals surface area (Å²) in [6, 6.07) is 11.1. The third kappa shape index (κ3) is 4.76. The van der Waals surface area contributed by atoms with Crippen molar-refractivity contribution in [2.75, 3.05) is 12.0 Å². The van der Waals surface area contributed by atoms with Crippen LogP contribution in [0.4, 0.5) is 8.78 Å². The molecule has 0 amide bonds. The van der Waals surface area contributed by atoms with Crippen molar-refractivity contribution in [1.82, 2.24) is 30.1 Å². The maximum atomic E-state index is 15.0. The molecule has 4 heterocycles. The van der Waals surface area contributed by atoms with E-state index in [-0.39, 0.29) is 12.2 Å². The quantitative estimate of drug-likeness (QED) is 0.290. The first-order valence-electron chi connectivity index (χ1n) is 12.1. The molecule has 0 fully saturated rings. The number of aromatic amines is 2. The molecule has 0 saturated carbocycles. The fourth-order valence-corrected chi connectivity index (χ4v) is 5.29. The summed E-state index contributed by atoms with van der Waals surface area (Å²) >= 11 is 0. The van der Waals surface area contributed by atoms with Gasteiger partial charge in [0.2, 0.25) is 0 Å². The molecule has 6 rings (SSSR count). The summed E-state index contributed by atoms with van der Waals surface area (Å²) in [6.45, 7) is 1.89. The Morgan fingerprint density at radius 2 is 1.82 bits per heavy atom. The first kappa shape index (κ1) is 24.8. The van der Waals surface area contributed by atoms with E-state index >= 15 is 4.39 Å². The Bertz CT molecular complexity index is 2000. The number of pyridine rings is 2. The molecule has 196 valence electrons. The minimum atomic E-state index is -3.20. The average molecular weight is 545 g/mol. The van der Waals surface area contributed by atoms with Crippen molar-refractivity contribution >= 4 is 31.9 Å². The second-order valence-corrected chi connectivity index (χ2v) is 11.8. The van der Waals surface area contributed by atoms with Gasteiger partial charge in [-0.3, -0.25) is 10.1 Å². The number of benzene rings is 2. The summed E-state index contributed by atoms with van der Waals surface area (Å²) in [7, 11) is -3.20. The highest BCUT2D eigenvalue weighted by Crippen LogP contribution is 2.35. The van der Waals surface area contributed by atoms with Crippen molar-refractivity contribution in [1.29, 1.82) is 0 Å². The van der Waals surface area contributed by atoms with E-state index in [0.717, 1.165) is 11.8 Å². The SMILES string of the molecule is Cc1ccncc1-c1cc2c(-c3nc4nccc(-c5cc(F)cc(CCS(C)(=O)=O)c5)c4[nH]3)n[nH]c2cc1F. The smallest absolute Gasteiger partial charge is 0.178 e. The number of nitrogens with one attached hydrogen (secondary N) is 2. The maximum Gasteiger partial charge on any atom is 0.178 e. The second-order valence-electron chi connectivity index (χ2n) is 9.51. The highest BCUT2D eigenvalue weighted by atomic mass is 32.2.